The molecule has 2 rings (SSSR count). The second kappa shape index (κ2) is 6.36. The molecule has 17 heavy (non-hydrogen) atoms. The van der Waals surface area contributed by atoms with Crippen LogP contribution in [0.4, 0.5) is 0 Å². The highest BCUT2D eigenvalue weighted by Gasteiger charge is 2.24. The van der Waals surface area contributed by atoms with Crippen LogP contribution in [0.25, 0.3) is 0 Å². The fraction of sp³-hybridized carbons (Fsp3) is 0.923. The van der Waals surface area contributed by atoms with Crippen molar-refractivity contribution in [1.29, 1.82) is 0 Å². The van der Waals surface area contributed by atoms with E-state index in [1.165, 1.54) is 25.7 Å². The third kappa shape index (κ3) is 3.96. The topological polar surface area (TPSA) is 50.4 Å². The summed E-state index contributed by atoms with van der Waals surface area (Å²) in [6.07, 6.45) is 5.72. The average Bonchev–Trinajstić information content (AvgIpc) is 2.83. The Morgan fingerprint density at radius 3 is 2.88 bits per heavy atom. The lowest BCUT2D eigenvalue weighted by Gasteiger charge is -2.25. The predicted molar refractivity (Wildman–Crippen MR) is 66.8 cm³/mol. The molecule has 4 heteroatoms. The molecule has 0 spiro atoms. The Morgan fingerprint density at radius 1 is 1.47 bits per heavy atom. The summed E-state index contributed by atoms with van der Waals surface area (Å²) in [5.41, 5.74) is 0. The van der Waals surface area contributed by atoms with Gasteiger partial charge in [-0.05, 0) is 25.7 Å². The summed E-state index contributed by atoms with van der Waals surface area (Å²) in [4.78, 5) is 11.9. The van der Waals surface area contributed by atoms with Gasteiger partial charge in [-0.2, -0.15) is 0 Å². The number of nitrogens with one attached hydrogen (secondary N) is 2. The molecule has 1 aliphatic carbocycles. The Bertz CT molecular complexity index is 246. The van der Waals surface area contributed by atoms with Gasteiger partial charge < -0.3 is 15.4 Å². The molecule has 2 fully saturated rings. The molecular weight excluding hydrogens is 216 g/mol. The molecule has 0 radical (unpaired) electrons. The molecule has 1 unspecified atom stereocenters. The van der Waals surface area contributed by atoms with Crippen LogP contribution in [0.15, 0.2) is 0 Å². The Labute approximate surface area is 103 Å². The van der Waals surface area contributed by atoms with Gasteiger partial charge in [0.15, 0.2) is 0 Å². The number of hydrogen-bond donors (Lipinski definition) is 2. The minimum Gasteiger partial charge on any atom is -0.378 e. The smallest absolute Gasteiger partial charge is 0.221 e. The van der Waals surface area contributed by atoms with Crippen molar-refractivity contribution >= 4 is 5.91 Å². The van der Waals surface area contributed by atoms with Gasteiger partial charge in [-0.15, -0.1) is 0 Å². The quantitative estimate of drug-likeness (QED) is 0.772. The standard InChI is InChI=1S/C13H24N2O2/c1-10(11-4-2-3-5-11)15-13(16)8-12-9-17-7-6-14-12/h10-12,14H,2-9H2,1H3,(H,15,16)/t10-,12?/m1/s1. The Morgan fingerprint density at radius 2 is 2.24 bits per heavy atom. The maximum Gasteiger partial charge on any atom is 0.221 e. The van der Waals surface area contributed by atoms with Crippen molar-refractivity contribution in [1.82, 2.24) is 10.6 Å². The number of ether oxygens (including phenoxy) is 1. The highest BCUT2D eigenvalue weighted by atomic mass is 16.5. The van der Waals surface area contributed by atoms with Crippen molar-refractivity contribution in [2.24, 2.45) is 5.92 Å². The fourth-order valence-corrected chi connectivity index (χ4v) is 2.86. The van der Waals surface area contributed by atoms with Crippen LogP contribution < -0.4 is 10.6 Å². The first-order valence-corrected chi connectivity index (χ1v) is 6.86. The lowest BCUT2D eigenvalue weighted by atomic mass is 9.99. The molecule has 2 aliphatic rings. The number of morpholine rings is 1. The molecular formula is C13H24N2O2. The van der Waals surface area contributed by atoms with Crippen LogP contribution in [0.2, 0.25) is 0 Å². The molecule has 1 amide bonds. The van der Waals surface area contributed by atoms with E-state index in [4.69, 9.17) is 4.74 Å². The van der Waals surface area contributed by atoms with Crippen molar-refractivity contribution in [3.63, 3.8) is 0 Å². The van der Waals surface area contributed by atoms with Crippen LogP contribution in [-0.2, 0) is 9.53 Å². The third-order valence-corrected chi connectivity index (χ3v) is 3.93. The van der Waals surface area contributed by atoms with Crippen LogP contribution in [0.5, 0.6) is 0 Å². The van der Waals surface area contributed by atoms with Crippen molar-refractivity contribution in [2.75, 3.05) is 19.8 Å². The first-order chi connectivity index (χ1) is 8.25. The van der Waals surface area contributed by atoms with Gasteiger partial charge in [0.25, 0.3) is 0 Å². The third-order valence-electron chi connectivity index (χ3n) is 3.93. The highest BCUT2D eigenvalue weighted by molar-refractivity contribution is 5.76. The second-order valence-electron chi connectivity index (χ2n) is 5.33. The minimum absolute atomic E-state index is 0.160. The van der Waals surface area contributed by atoms with Crippen molar-refractivity contribution in [3.05, 3.63) is 0 Å². The summed E-state index contributed by atoms with van der Waals surface area (Å²) in [7, 11) is 0. The zero-order chi connectivity index (χ0) is 12.1. The summed E-state index contributed by atoms with van der Waals surface area (Å²) in [5, 5.41) is 6.44. The highest BCUT2D eigenvalue weighted by Crippen LogP contribution is 2.27. The molecule has 1 aliphatic heterocycles. The van der Waals surface area contributed by atoms with Crippen LogP contribution in [-0.4, -0.2) is 37.7 Å². The van der Waals surface area contributed by atoms with Gasteiger partial charge in [-0.3, -0.25) is 4.79 Å². The van der Waals surface area contributed by atoms with Gasteiger partial charge in [-0.25, -0.2) is 0 Å². The Hall–Kier alpha value is -0.610. The first-order valence-electron chi connectivity index (χ1n) is 6.86. The minimum atomic E-state index is 0.160. The van der Waals surface area contributed by atoms with E-state index in [-0.39, 0.29) is 11.9 Å². The second-order valence-corrected chi connectivity index (χ2v) is 5.33. The van der Waals surface area contributed by atoms with E-state index in [9.17, 15) is 4.79 Å². The van der Waals surface area contributed by atoms with Crippen molar-refractivity contribution in [3.8, 4) is 0 Å². The van der Waals surface area contributed by atoms with E-state index >= 15 is 0 Å². The first kappa shape index (κ1) is 12.8. The van der Waals surface area contributed by atoms with Gasteiger partial charge >= 0.3 is 0 Å². The fourth-order valence-electron chi connectivity index (χ4n) is 2.86. The molecule has 0 aromatic carbocycles. The summed E-state index contributed by atoms with van der Waals surface area (Å²) in [6.45, 7) is 4.41. The molecule has 2 N–H and O–H groups in total. The monoisotopic (exact) mass is 240 g/mol. The SMILES string of the molecule is C[C@@H](NC(=O)CC1COCCN1)C1CCCC1. The predicted octanol–water partition coefficient (Wildman–Crippen LogP) is 1.06. The maximum absolute atomic E-state index is 11.9. The van der Waals surface area contributed by atoms with Gasteiger partial charge in [0.1, 0.15) is 0 Å². The zero-order valence-electron chi connectivity index (χ0n) is 10.7. The lowest BCUT2D eigenvalue weighted by molar-refractivity contribution is -0.123. The normalized spacial score (nSPS) is 27.9. The zero-order valence-corrected chi connectivity index (χ0v) is 10.7. The number of carbonyl (C=O) groups excluding carboxylic acids is 1. The van der Waals surface area contributed by atoms with Crippen molar-refractivity contribution < 1.29 is 9.53 Å². The Kier molecular flexibility index (Phi) is 4.80. The molecule has 0 aromatic heterocycles. The maximum atomic E-state index is 11.9. The summed E-state index contributed by atoms with van der Waals surface area (Å²) in [6, 6.07) is 0.522. The lowest BCUT2D eigenvalue weighted by Crippen LogP contribution is -2.46. The largest absolute Gasteiger partial charge is 0.378 e. The van der Waals surface area contributed by atoms with Gasteiger partial charge in [0.2, 0.25) is 5.91 Å². The van der Waals surface area contributed by atoms with E-state index in [0.29, 0.717) is 25.0 Å². The van der Waals surface area contributed by atoms with Crippen LogP contribution in [0.3, 0.4) is 0 Å². The molecule has 4 nitrogen and oxygen atoms in total. The molecule has 1 heterocycles. The molecule has 98 valence electrons. The van der Waals surface area contributed by atoms with E-state index in [0.717, 1.165) is 13.2 Å². The summed E-state index contributed by atoms with van der Waals surface area (Å²) in [5.74, 6) is 0.849. The summed E-state index contributed by atoms with van der Waals surface area (Å²) < 4.78 is 5.35. The van der Waals surface area contributed by atoms with E-state index in [1.54, 1.807) is 0 Å². The van der Waals surface area contributed by atoms with Gasteiger partial charge in [0, 0.05) is 25.0 Å². The molecule has 2 atom stereocenters. The van der Waals surface area contributed by atoms with Crippen molar-refractivity contribution in [2.45, 2.75) is 51.1 Å². The molecule has 1 saturated carbocycles. The van der Waals surface area contributed by atoms with Crippen LogP contribution >= 0.6 is 0 Å². The number of amides is 1. The van der Waals surface area contributed by atoms with Gasteiger partial charge in [-0.1, -0.05) is 12.8 Å². The summed E-state index contributed by atoms with van der Waals surface area (Å²) >= 11 is 0. The van der Waals surface area contributed by atoms with Crippen LogP contribution in [0, 0.1) is 5.92 Å². The van der Waals surface area contributed by atoms with E-state index in [2.05, 4.69) is 17.6 Å². The average molecular weight is 240 g/mol. The molecule has 1 saturated heterocycles. The number of rotatable bonds is 4. The van der Waals surface area contributed by atoms with Gasteiger partial charge in [0.05, 0.1) is 13.2 Å². The number of carbonyl (C=O) groups is 1. The Balaban J connectivity index is 1.68. The van der Waals surface area contributed by atoms with Crippen LogP contribution in [0.1, 0.15) is 39.0 Å². The molecule has 0 aromatic rings. The number of hydrogen-bond acceptors (Lipinski definition) is 3. The molecule has 0 bridgehead atoms. The van der Waals surface area contributed by atoms with E-state index in [1.807, 2.05) is 0 Å². The van der Waals surface area contributed by atoms with E-state index < -0.39 is 0 Å².